The van der Waals surface area contributed by atoms with Crippen LogP contribution in [0.15, 0.2) is 0 Å². The van der Waals surface area contributed by atoms with E-state index in [1.165, 1.54) is 24.1 Å². The largest absolute Gasteiger partial charge is 0.370 e. The van der Waals surface area contributed by atoms with Crippen LogP contribution in [0.2, 0.25) is 0 Å². The van der Waals surface area contributed by atoms with E-state index in [0.717, 1.165) is 37.4 Å². The van der Waals surface area contributed by atoms with Gasteiger partial charge in [0, 0.05) is 40.1 Å². The molecule has 1 aliphatic rings. The average molecular weight is 281 g/mol. The zero-order valence-corrected chi connectivity index (χ0v) is 12.8. The van der Waals surface area contributed by atoms with E-state index in [1.54, 1.807) is 6.26 Å². The van der Waals surface area contributed by atoms with Crippen LogP contribution in [-0.4, -0.2) is 32.2 Å². The molecule has 0 saturated heterocycles. The van der Waals surface area contributed by atoms with E-state index in [0.29, 0.717) is 0 Å². The van der Waals surface area contributed by atoms with Crippen molar-refractivity contribution in [3.05, 3.63) is 17.1 Å². The van der Waals surface area contributed by atoms with Gasteiger partial charge in [0.2, 0.25) is 0 Å². The molecule has 0 bridgehead atoms. The van der Waals surface area contributed by atoms with Crippen molar-refractivity contribution in [2.45, 2.75) is 51.2 Å². The molecule has 1 heterocycles. The van der Waals surface area contributed by atoms with Gasteiger partial charge in [-0.2, -0.15) is 0 Å². The zero-order chi connectivity index (χ0) is 13.8. The third kappa shape index (κ3) is 3.75. The van der Waals surface area contributed by atoms with Crippen LogP contribution in [-0.2, 0) is 23.6 Å². The molecule has 1 aromatic heterocycles. The van der Waals surface area contributed by atoms with Crippen LogP contribution in [0.3, 0.4) is 0 Å². The van der Waals surface area contributed by atoms with Crippen molar-refractivity contribution >= 4 is 16.6 Å². The number of nitrogens with one attached hydrogen (secondary N) is 1. The fourth-order valence-electron chi connectivity index (χ4n) is 2.42. The van der Waals surface area contributed by atoms with Crippen LogP contribution in [0, 0.1) is 6.92 Å². The molecule has 0 spiro atoms. The highest BCUT2D eigenvalue weighted by Gasteiger charge is 2.16. The SMILES string of the molecule is Cc1nc2c(c(NCCC(C)S(C)=O)n1)CCCC2. The summed E-state index contributed by atoms with van der Waals surface area (Å²) in [5.41, 5.74) is 2.51. The number of rotatable bonds is 5. The number of hydrogen-bond acceptors (Lipinski definition) is 4. The van der Waals surface area contributed by atoms with E-state index in [9.17, 15) is 4.21 Å². The van der Waals surface area contributed by atoms with E-state index in [2.05, 4.69) is 15.3 Å². The number of anilines is 1. The lowest BCUT2D eigenvalue weighted by Gasteiger charge is -2.19. The zero-order valence-electron chi connectivity index (χ0n) is 12.0. The molecule has 2 unspecified atom stereocenters. The van der Waals surface area contributed by atoms with Gasteiger partial charge < -0.3 is 5.32 Å². The minimum absolute atomic E-state index is 0.228. The van der Waals surface area contributed by atoms with Crippen LogP contribution < -0.4 is 5.32 Å². The third-order valence-corrected chi connectivity index (χ3v) is 5.07. The highest BCUT2D eigenvalue weighted by Crippen LogP contribution is 2.25. The maximum absolute atomic E-state index is 11.3. The Hall–Kier alpha value is -0.970. The first-order chi connectivity index (χ1) is 9.08. The smallest absolute Gasteiger partial charge is 0.133 e. The molecule has 1 aliphatic carbocycles. The fourth-order valence-corrected chi connectivity index (χ4v) is 2.87. The standard InChI is InChI=1S/C14H23N3OS/c1-10(19(3)18)8-9-15-14-12-6-4-5-7-13(12)16-11(2)17-14/h10H,4-9H2,1-3H3,(H,15,16,17). The normalized spacial score (nSPS) is 17.6. The molecule has 0 amide bonds. The summed E-state index contributed by atoms with van der Waals surface area (Å²) in [7, 11) is -0.747. The van der Waals surface area contributed by atoms with Gasteiger partial charge in [-0.05, 0) is 39.0 Å². The van der Waals surface area contributed by atoms with Crippen molar-refractivity contribution in [1.29, 1.82) is 0 Å². The Balaban J connectivity index is 2.03. The number of aromatic nitrogens is 2. The summed E-state index contributed by atoms with van der Waals surface area (Å²) in [5, 5.41) is 3.64. The predicted octanol–water partition coefficient (Wildman–Crippen LogP) is 2.23. The molecular weight excluding hydrogens is 258 g/mol. The van der Waals surface area contributed by atoms with Gasteiger partial charge in [0.15, 0.2) is 0 Å². The molecule has 2 rings (SSSR count). The van der Waals surface area contributed by atoms with Gasteiger partial charge in [0.05, 0.1) is 0 Å². The molecule has 0 saturated carbocycles. The molecule has 5 heteroatoms. The molecular formula is C14H23N3OS. The van der Waals surface area contributed by atoms with E-state index in [1.807, 2.05) is 13.8 Å². The van der Waals surface area contributed by atoms with Gasteiger partial charge in [-0.25, -0.2) is 9.97 Å². The van der Waals surface area contributed by atoms with Gasteiger partial charge in [-0.3, -0.25) is 4.21 Å². The Morgan fingerprint density at radius 1 is 1.32 bits per heavy atom. The number of hydrogen-bond donors (Lipinski definition) is 1. The summed E-state index contributed by atoms with van der Waals surface area (Å²) in [6.45, 7) is 4.80. The molecule has 4 nitrogen and oxygen atoms in total. The molecule has 2 atom stereocenters. The molecule has 19 heavy (non-hydrogen) atoms. The summed E-state index contributed by atoms with van der Waals surface area (Å²) in [4.78, 5) is 9.08. The number of nitrogens with zero attached hydrogens (tertiary/aromatic N) is 2. The van der Waals surface area contributed by atoms with Gasteiger partial charge in [0.1, 0.15) is 11.6 Å². The topological polar surface area (TPSA) is 54.9 Å². The van der Waals surface area contributed by atoms with Crippen molar-refractivity contribution in [2.75, 3.05) is 18.1 Å². The fraction of sp³-hybridized carbons (Fsp3) is 0.714. The maximum Gasteiger partial charge on any atom is 0.133 e. The van der Waals surface area contributed by atoms with E-state index < -0.39 is 10.8 Å². The highest BCUT2D eigenvalue weighted by atomic mass is 32.2. The van der Waals surface area contributed by atoms with Crippen LogP contribution in [0.1, 0.15) is 43.3 Å². The summed E-state index contributed by atoms with van der Waals surface area (Å²) >= 11 is 0. The quantitative estimate of drug-likeness (QED) is 0.899. The maximum atomic E-state index is 11.3. The molecule has 106 valence electrons. The predicted molar refractivity (Wildman–Crippen MR) is 80.0 cm³/mol. The van der Waals surface area contributed by atoms with Crippen LogP contribution in [0.25, 0.3) is 0 Å². The number of fused-ring (bicyclic) bond motifs is 1. The van der Waals surface area contributed by atoms with Gasteiger partial charge >= 0.3 is 0 Å². The molecule has 0 radical (unpaired) electrons. The lowest BCUT2D eigenvalue weighted by molar-refractivity contribution is 0.657. The molecule has 1 aromatic rings. The molecule has 0 aliphatic heterocycles. The third-order valence-electron chi connectivity index (χ3n) is 3.70. The lowest BCUT2D eigenvalue weighted by atomic mass is 9.96. The Morgan fingerprint density at radius 3 is 2.79 bits per heavy atom. The van der Waals surface area contributed by atoms with Crippen LogP contribution >= 0.6 is 0 Å². The van der Waals surface area contributed by atoms with E-state index >= 15 is 0 Å². The van der Waals surface area contributed by atoms with Crippen LogP contribution in [0.4, 0.5) is 5.82 Å². The second-order valence-electron chi connectivity index (χ2n) is 5.28. The van der Waals surface area contributed by atoms with Gasteiger partial charge in [-0.1, -0.05) is 6.92 Å². The molecule has 0 aromatic carbocycles. The van der Waals surface area contributed by atoms with E-state index in [-0.39, 0.29) is 5.25 Å². The number of aryl methyl sites for hydroxylation is 2. The van der Waals surface area contributed by atoms with Gasteiger partial charge in [-0.15, -0.1) is 0 Å². The summed E-state index contributed by atoms with van der Waals surface area (Å²) in [6, 6.07) is 0. The van der Waals surface area contributed by atoms with Crippen molar-refractivity contribution < 1.29 is 4.21 Å². The first kappa shape index (κ1) is 14.4. The Morgan fingerprint density at radius 2 is 2.05 bits per heavy atom. The van der Waals surface area contributed by atoms with Crippen molar-refractivity contribution in [3.8, 4) is 0 Å². The first-order valence-corrected chi connectivity index (χ1v) is 8.62. The van der Waals surface area contributed by atoms with E-state index in [4.69, 9.17) is 0 Å². The lowest BCUT2D eigenvalue weighted by Crippen LogP contribution is -2.18. The summed E-state index contributed by atoms with van der Waals surface area (Å²) in [6.07, 6.45) is 7.27. The minimum Gasteiger partial charge on any atom is -0.370 e. The summed E-state index contributed by atoms with van der Waals surface area (Å²) < 4.78 is 11.3. The summed E-state index contributed by atoms with van der Waals surface area (Å²) in [5.74, 6) is 1.84. The Kier molecular flexibility index (Phi) is 4.91. The molecule has 1 N–H and O–H groups in total. The highest BCUT2D eigenvalue weighted by molar-refractivity contribution is 7.84. The second-order valence-corrected chi connectivity index (χ2v) is 7.08. The Labute approximate surface area is 117 Å². The van der Waals surface area contributed by atoms with Crippen molar-refractivity contribution in [2.24, 2.45) is 0 Å². The van der Waals surface area contributed by atoms with Gasteiger partial charge in [0.25, 0.3) is 0 Å². The average Bonchev–Trinajstić information content (AvgIpc) is 2.38. The second kappa shape index (κ2) is 6.46. The Bertz CT molecular complexity index is 476. The van der Waals surface area contributed by atoms with Crippen LogP contribution in [0.5, 0.6) is 0 Å². The van der Waals surface area contributed by atoms with Crippen molar-refractivity contribution in [1.82, 2.24) is 9.97 Å². The first-order valence-electron chi connectivity index (χ1n) is 7.00. The molecule has 0 fully saturated rings. The minimum atomic E-state index is -0.747. The monoisotopic (exact) mass is 281 g/mol. The van der Waals surface area contributed by atoms with Crippen molar-refractivity contribution in [3.63, 3.8) is 0 Å².